The van der Waals surface area contributed by atoms with Crippen LogP contribution in [0.1, 0.15) is 50.1 Å². The lowest BCUT2D eigenvalue weighted by Crippen LogP contribution is -2.49. The number of rotatable bonds is 10. The normalized spacial score (nSPS) is 18.4. The predicted molar refractivity (Wildman–Crippen MR) is 141 cm³/mol. The van der Waals surface area contributed by atoms with Gasteiger partial charge in [-0.1, -0.05) is 42.3 Å². The van der Waals surface area contributed by atoms with E-state index in [4.69, 9.17) is 14.2 Å². The molecule has 1 aliphatic heterocycles. The molecular weight excluding hydrogens is 486 g/mol. The molecule has 2 atom stereocenters. The molecule has 1 aromatic heterocycles. The monoisotopic (exact) mass is 521 g/mol. The number of benzene rings is 2. The summed E-state index contributed by atoms with van der Waals surface area (Å²) in [5, 5.41) is 11.6. The van der Waals surface area contributed by atoms with Gasteiger partial charge in [0, 0.05) is 24.8 Å². The summed E-state index contributed by atoms with van der Waals surface area (Å²) in [6.07, 6.45) is 5.59. The molecule has 10 heteroatoms. The van der Waals surface area contributed by atoms with Gasteiger partial charge >= 0.3 is 0 Å². The number of aromatic nitrogens is 3. The van der Waals surface area contributed by atoms with Crippen LogP contribution >= 0.6 is 0 Å². The number of carbonyl (C=O) groups is 2. The Bertz CT molecular complexity index is 1270. The van der Waals surface area contributed by atoms with E-state index in [2.05, 4.69) is 15.6 Å². The summed E-state index contributed by atoms with van der Waals surface area (Å²) in [6.45, 7) is 0.850. The smallest absolute Gasteiger partial charge is 0.247 e. The number of methoxy groups -OCH3 is 2. The van der Waals surface area contributed by atoms with Gasteiger partial charge in [-0.15, -0.1) is 5.10 Å². The fourth-order valence-electron chi connectivity index (χ4n) is 5.54. The first kappa shape index (κ1) is 26.0. The summed E-state index contributed by atoms with van der Waals surface area (Å²) in [5.41, 5.74) is 2.02. The fraction of sp³-hybridized carbons (Fsp3) is 0.500. The number of para-hydroxylation sites is 2. The van der Waals surface area contributed by atoms with E-state index in [1.807, 2.05) is 36.4 Å². The molecule has 10 nitrogen and oxygen atoms in total. The third kappa shape index (κ3) is 5.45. The van der Waals surface area contributed by atoms with Crippen molar-refractivity contribution in [2.75, 3.05) is 27.4 Å². The van der Waals surface area contributed by atoms with Gasteiger partial charge in [-0.2, -0.15) is 0 Å². The third-order valence-electron chi connectivity index (χ3n) is 7.44. The van der Waals surface area contributed by atoms with Crippen LogP contribution in [0.25, 0.3) is 11.0 Å². The number of amides is 2. The Kier molecular flexibility index (Phi) is 8.07. The number of fused-ring (bicyclic) bond motifs is 1. The predicted octanol–water partition coefficient (Wildman–Crippen LogP) is 3.26. The molecule has 2 heterocycles. The van der Waals surface area contributed by atoms with Crippen molar-refractivity contribution >= 4 is 22.8 Å². The van der Waals surface area contributed by atoms with E-state index in [1.165, 1.54) is 0 Å². The van der Waals surface area contributed by atoms with Crippen molar-refractivity contribution in [3.63, 3.8) is 0 Å². The van der Waals surface area contributed by atoms with Crippen molar-refractivity contribution in [2.24, 2.45) is 0 Å². The standard InChI is InChI=1S/C28H35N5O5/c1-36-24-15-7-12-21(27(24)37-2)26(28(35)29-19-9-3-4-10-19)32(17-20-11-8-16-38-20)25(34)18-33-23-14-6-5-13-22(23)30-31-33/h5-7,12-15,19-20,26H,3-4,8-11,16-18H2,1-2H3,(H,29,35)/t20-,26-/m0/s1. The second-order valence-electron chi connectivity index (χ2n) is 9.89. The first-order chi connectivity index (χ1) is 18.6. The number of hydrogen-bond acceptors (Lipinski definition) is 7. The maximum atomic E-state index is 14.1. The second kappa shape index (κ2) is 11.8. The summed E-state index contributed by atoms with van der Waals surface area (Å²) in [4.78, 5) is 29.7. The van der Waals surface area contributed by atoms with Crippen LogP contribution in [0.15, 0.2) is 42.5 Å². The largest absolute Gasteiger partial charge is 0.493 e. The molecule has 1 saturated carbocycles. The van der Waals surface area contributed by atoms with Gasteiger partial charge in [0.15, 0.2) is 11.5 Å². The molecule has 3 aromatic rings. The van der Waals surface area contributed by atoms with Crippen molar-refractivity contribution in [3.05, 3.63) is 48.0 Å². The van der Waals surface area contributed by atoms with Crippen LogP contribution in [-0.2, 0) is 20.9 Å². The Morgan fingerprint density at radius 3 is 2.63 bits per heavy atom. The highest BCUT2D eigenvalue weighted by molar-refractivity contribution is 5.90. The number of nitrogens with one attached hydrogen (secondary N) is 1. The maximum Gasteiger partial charge on any atom is 0.247 e. The Balaban J connectivity index is 1.54. The van der Waals surface area contributed by atoms with Gasteiger partial charge in [-0.25, -0.2) is 4.68 Å². The zero-order valence-electron chi connectivity index (χ0n) is 22.0. The second-order valence-corrected chi connectivity index (χ2v) is 9.89. The van der Waals surface area contributed by atoms with Crippen molar-refractivity contribution in [2.45, 2.75) is 63.3 Å². The van der Waals surface area contributed by atoms with Gasteiger partial charge in [0.25, 0.3) is 0 Å². The quantitative estimate of drug-likeness (QED) is 0.436. The highest BCUT2D eigenvalue weighted by Gasteiger charge is 2.38. The van der Waals surface area contributed by atoms with Crippen LogP contribution in [-0.4, -0.2) is 71.2 Å². The van der Waals surface area contributed by atoms with Gasteiger partial charge in [0.1, 0.15) is 18.1 Å². The molecule has 2 aliphatic rings. The Labute approximate surface area is 222 Å². The zero-order valence-corrected chi connectivity index (χ0v) is 22.0. The van der Waals surface area contributed by atoms with Crippen LogP contribution < -0.4 is 14.8 Å². The van der Waals surface area contributed by atoms with Gasteiger partial charge in [-0.05, 0) is 43.9 Å². The molecule has 0 unspecified atom stereocenters. The summed E-state index contributed by atoms with van der Waals surface area (Å²) < 4.78 is 18.8. The van der Waals surface area contributed by atoms with E-state index in [9.17, 15) is 9.59 Å². The van der Waals surface area contributed by atoms with Crippen LogP contribution in [0.2, 0.25) is 0 Å². The van der Waals surface area contributed by atoms with Gasteiger partial charge in [-0.3, -0.25) is 9.59 Å². The molecule has 0 bridgehead atoms. The fourth-order valence-corrected chi connectivity index (χ4v) is 5.54. The Hall–Kier alpha value is -3.66. The van der Waals surface area contributed by atoms with Gasteiger partial charge in [0.05, 0.1) is 25.8 Å². The van der Waals surface area contributed by atoms with Crippen molar-refractivity contribution < 1.29 is 23.8 Å². The Morgan fingerprint density at radius 1 is 1.08 bits per heavy atom. The molecule has 2 fully saturated rings. The SMILES string of the molecule is COc1cccc([C@@H](C(=O)NC2CCCC2)N(C[C@@H]2CCCO2)C(=O)Cn2nnc3ccccc32)c1OC. The summed E-state index contributed by atoms with van der Waals surface area (Å²) in [5.74, 6) is 0.430. The van der Waals surface area contributed by atoms with Crippen molar-refractivity contribution in [3.8, 4) is 11.5 Å². The minimum Gasteiger partial charge on any atom is -0.493 e. The van der Waals surface area contributed by atoms with Crippen LogP contribution in [0, 0.1) is 0 Å². The lowest BCUT2D eigenvalue weighted by Gasteiger charge is -2.34. The van der Waals surface area contributed by atoms with E-state index in [1.54, 1.807) is 29.9 Å². The minimum atomic E-state index is -0.938. The lowest BCUT2D eigenvalue weighted by atomic mass is 10.0. The number of nitrogens with zero attached hydrogens (tertiary/aromatic N) is 4. The van der Waals surface area contributed by atoms with Crippen LogP contribution in [0.3, 0.4) is 0 Å². The highest BCUT2D eigenvalue weighted by Crippen LogP contribution is 2.38. The summed E-state index contributed by atoms with van der Waals surface area (Å²) in [6, 6.07) is 12.1. The molecule has 0 radical (unpaired) electrons. The van der Waals surface area contributed by atoms with E-state index < -0.39 is 6.04 Å². The van der Waals surface area contributed by atoms with Crippen molar-refractivity contribution in [1.29, 1.82) is 0 Å². The van der Waals surface area contributed by atoms with Gasteiger partial charge < -0.3 is 24.4 Å². The number of hydrogen-bond donors (Lipinski definition) is 1. The highest BCUT2D eigenvalue weighted by atomic mass is 16.5. The molecule has 2 amide bonds. The molecule has 1 aliphatic carbocycles. The molecule has 5 rings (SSSR count). The zero-order chi connectivity index (χ0) is 26.5. The van der Waals surface area contributed by atoms with Crippen LogP contribution in [0.4, 0.5) is 0 Å². The molecule has 1 saturated heterocycles. The molecule has 1 N–H and O–H groups in total. The number of ether oxygens (including phenoxy) is 3. The van der Waals surface area contributed by atoms with E-state index in [0.717, 1.165) is 44.0 Å². The minimum absolute atomic E-state index is 0.0628. The van der Waals surface area contributed by atoms with Crippen molar-refractivity contribution in [1.82, 2.24) is 25.2 Å². The third-order valence-corrected chi connectivity index (χ3v) is 7.44. The lowest BCUT2D eigenvalue weighted by molar-refractivity contribution is -0.143. The first-order valence-corrected chi connectivity index (χ1v) is 13.3. The van der Waals surface area contributed by atoms with Gasteiger partial charge in [0.2, 0.25) is 11.8 Å². The average molecular weight is 522 g/mol. The molecular formula is C28H35N5O5. The molecule has 38 heavy (non-hydrogen) atoms. The van der Waals surface area contributed by atoms with Crippen LogP contribution in [0.5, 0.6) is 11.5 Å². The Morgan fingerprint density at radius 2 is 1.89 bits per heavy atom. The molecule has 0 spiro atoms. The summed E-state index contributed by atoms with van der Waals surface area (Å²) >= 11 is 0. The van der Waals surface area contributed by atoms with E-state index >= 15 is 0 Å². The maximum absolute atomic E-state index is 14.1. The average Bonchev–Trinajstić information content (AvgIpc) is 3.71. The first-order valence-electron chi connectivity index (χ1n) is 13.3. The van der Waals surface area contributed by atoms with E-state index in [-0.39, 0.29) is 37.0 Å². The summed E-state index contributed by atoms with van der Waals surface area (Å²) in [7, 11) is 3.10. The van der Waals surface area contributed by atoms with E-state index in [0.29, 0.717) is 29.2 Å². The molecule has 202 valence electrons. The number of carbonyl (C=O) groups excluding carboxylic acids is 2. The molecule has 2 aromatic carbocycles. The topological polar surface area (TPSA) is 108 Å².